The fourth-order valence-corrected chi connectivity index (χ4v) is 3.89. The third-order valence-electron chi connectivity index (χ3n) is 5.85. The van der Waals surface area contributed by atoms with Crippen LogP contribution in [0.4, 0.5) is 4.39 Å². The first-order valence-electron chi connectivity index (χ1n) is 12.5. The number of hydrogen-bond donors (Lipinski definition) is 0. The molecular weight excluding hydrogens is 443 g/mol. The molecule has 3 aromatic rings. The molecule has 2 aromatic carbocycles. The maximum Gasteiger partial charge on any atom is 0.346 e. The quantitative estimate of drug-likeness (QED) is 0.128. The molecule has 0 fully saturated rings. The number of hydrogen-bond acceptors (Lipinski definition) is 4. The van der Waals surface area contributed by atoms with Crippen molar-refractivity contribution >= 4 is 16.8 Å². The minimum atomic E-state index is -0.667. The van der Waals surface area contributed by atoms with Gasteiger partial charge in [0.1, 0.15) is 17.8 Å². The van der Waals surface area contributed by atoms with E-state index in [-0.39, 0.29) is 11.1 Å². The van der Waals surface area contributed by atoms with Crippen LogP contribution in [0.25, 0.3) is 16.8 Å². The van der Waals surface area contributed by atoms with Crippen LogP contribution >= 0.6 is 0 Å². The van der Waals surface area contributed by atoms with Gasteiger partial charge in [-0.05, 0) is 47.6 Å². The molecule has 0 aliphatic rings. The van der Waals surface area contributed by atoms with Crippen molar-refractivity contribution in [3.63, 3.8) is 0 Å². The van der Waals surface area contributed by atoms with Crippen molar-refractivity contribution in [3.05, 3.63) is 94.5 Å². The molecule has 35 heavy (non-hydrogen) atoms. The van der Waals surface area contributed by atoms with E-state index in [9.17, 15) is 9.18 Å². The molecule has 0 amide bonds. The van der Waals surface area contributed by atoms with E-state index in [1.165, 1.54) is 19.3 Å². The molecule has 186 valence electrons. The second-order valence-corrected chi connectivity index (χ2v) is 8.62. The highest BCUT2D eigenvalue weighted by Gasteiger charge is 2.14. The van der Waals surface area contributed by atoms with Crippen molar-refractivity contribution in [3.8, 4) is 5.75 Å². The smallest absolute Gasteiger partial charge is 0.346 e. The Kier molecular flexibility index (Phi) is 10.6. The van der Waals surface area contributed by atoms with Crippen molar-refractivity contribution < 1.29 is 18.3 Å². The maximum atomic E-state index is 15.0. The number of benzene rings is 2. The summed E-state index contributed by atoms with van der Waals surface area (Å²) < 4.78 is 31.3. The minimum absolute atomic E-state index is 0.0518. The fraction of sp³-hybridized carbons (Fsp3) is 0.367. The summed E-state index contributed by atoms with van der Waals surface area (Å²) in [6.45, 7) is 6.71. The van der Waals surface area contributed by atoms with Gasteiger partial charge in [-0.1, -0.05) is 82.0 Å². The van der Waals surface area contributed by atoms with E-state index in [2.05, 4.69) is 13.5 Å². The molecule has 0 aliphatic heterocycles. The highest BCUT2D eigenvalue weighted by Crippen LogP contribution is 2.25. The summed E-state index contributed by atoms with van der Waals surface area (Å²) in [5.74, 6) is -0.00548. The van der Waals surface area contributed by atoms with E-state index in [1.54, 1.807) is 30.5 Å². The van der Waals surface area contributed by atoms with E-state index in [0.717, 1.165) is 30.4 Å². The fourth-order valence-electron chi connectivity index (χ4n) is 3.89. The number of fused-ring (bicyclic) bond motifs is 1. The molecule has 1 heterocycles. The molecule has 0 unspecified atom stereocenters. The Morgan fingerprint density at radius 2 is 1.77 bits per heavy atom. The van der Waals surface area contributed by atoms with Gasteiger partial charge < -0.3 is 13.9 Å². The molecule has 0 N–H and O–H groups in total. The lowest BCUT2D eigenvalue weighted by Crippen LogP contribution is -2.07. The average molecular weight is 479 g/mol. The molecule has 0 saturated heterocycles. The van der Waals surface area contributed by atoms with Crippen LogP contribution in [0, 0.1) is 5.82 Å². The molecule has 5 heteroatoms. The third kappa shape index (κ3) is 8.13. The van der Waals surface area contributed by atoms with Crippen molar-refractivity contribution in [1.29, 1.82) is 0 Å². The highest BCUT2D eigenvalue weighted by atomic mass is 19.1. The van der Waals surface area contributed by atoms with Gasteiger partial charge in [0.05, 0.1) is 12.9 Å². The van der Waals surface area contributed by atoms with Crippen LogP contribution in [0.3, 0.4) is 0 Å². The third-order valence-corrected chi connectivity index (χ3v) is 5.85. The first kappa shape index (κ1) is 26.3. The van der Waals surface area contributed by atoms with Gasteiger partial charge in [-0.2, -0.15) is 0 Å². The second-order valence-electron chi connectivity index (χ2n) is 8.62. The standard InChI is InChI=1S/C30H35FO4/c1-3-5-6-7-8-9-20-34-27-17-15-25-22-26(35-30(32)28(25)29(27)31)16-14-23-10-12-24(13-11-23)18-21-33-19-4-2/h4,10-13,15,17-18,21-22H,2-3,5-9,14,16,19-20H2,1H3/b21-18+. The number of rotatable bonds is 15. The molecule has 3 rings (SSSR count). The van der Waals surface area contributed by atoms with Crippen LogP contribution in [-0.4, -0.2) is 13.2 Å². The predicted molar refractivity (Wildman–Crippen MR) is 140 cm³/mol. The first-order chi connectivity index (χ1) is 17.1. The molecule has 0 radical (unpaired) electrons. The molecule has 0 aliphatic carbocycles. The largest absolute Gasteiger partial charge is 0.497 e. The maximum absolute atomic E-state index is 15.0. The summed E-state index contributed by atoms with van der Waals surface area (Å²) in [6.07, 6.45) is 13.2. The van der Waals surface area contributed by atoms with Crippen LogP contribution in [0.15, 0.2) is 70.6 Å². The van der Waals surface area contributed by atoms with Crippen LogP contribution in [0.2, 0.25) is 0 Å². The molecule has 0 spiro atoms. The summed E-state index contributed by atoms with van der Waals surface area (Å²) >= 11 is 0. The Morgan fingerprint density at radius 1 is 1.00 bits per heavy atom. The van der Waals surface area contributed by atoms with Crippen molar-refractivity contribution in [2.75, 3.05) is 13.2 Å². The second kappa shape index (κ2) is 14.1. The minimum Gasteiger partial charge on any atom is -0.497 e. The number of aryl methyl sites for hydroxylation is 2. The molecule has 0 saturated carbocycles. The first-order valence-corrected chi connectivity index (χ1v) is 12.5. The van der Waals surface area contributed by atoms with Crippen LogP contribution in [-0.2, 0) is 17.6 Å². The average Bonchev–Trinajstić information content (AvgIpc) is 2.86. The van der Waals surface area contributed by atoms with E-state index in [4.69, 9.17) is 13.9 Å². The summed E-state index contributed by atoms with van der Waals surface area (Å²) in [5, 5.41) is 0.477. The Bertz CT molecular complexity index is 1160. The van der Waals surface area contributed by atoms with Crippen molar-refractivity contribution in [2.45, 2.75) is 58.3 Å². The van der Waals surface area contributed by atoms with Gasteiger partial charge in [-0.25, -0.2) is 9.18 Å². The van der Waals surface area contributed by atoms with E-state index in [1.807, 2.05) is 30.3 Å². The molecule has 0 atom stereocenters. The molecule has 0 bridgehead atoms. The Balaban J connectivity index is 1.58. The lowest BCUT2D eigenvalue weighted by molar-refractivity contribution is 0.291. The summed E-state index contributed by atoms with van der Waals surface area (Å²) in [5.41, 5.74) is 1.47. The van der Waals surface area contributed by atoms with Crippen LogP contribution in [0.5, 0.6) is 5.75 Å². The number of ether oxygens (including phenoxy) is 2. The van der Waals surface area contributed by atoms with Gasteiger partial charge >= 0.3 is 5.63 Å². The zero-order valence-corrected chi connectivity index (χ0v) is 20.6. The monoisotopic (exact) mass is 478 g/mol. The van der Waals surface area contributed by atoms with E-state index in [0.29, 0.717) is 37.2 Å². The molecule has 1 aromatic heterocycles. The zero-order valence-electron chi connectivity index (χ0n) is 20.6. The Morgan fingerprint density at radius 3 is 2.54 bits per heavy atom. The van der Waals surface area contributed by atoms with Gasteiger partial charge in [0.2, 0.25) is 0 Å². The van der Waals surface area contributed by atoms with Gasteiger partial charge in [0.15, 0.2) is 11.6 Å². The number of halogens is 1. The van der Waals surface area contributed by atoms with E-state index < -0.39 is 11.4 Å². The normalized spacial score (nSPS) is 11.3. The Labute approximate surface area is 207 Å². The Hall–Kier alpha value is -3.34. The lowest BCUT2D eigenvalue weighted by atomic mass is 10.0. The predicted octanol–water partition coefficient (Wildman–Crippen LogP) is 7.63. The van der Waals surface area contributed by atoms with Crippen LogP contribution in [0.1, 0.15) is 62.3 Å². The summed E-state index contributed by atoms with van der Waals surface area (Å²) in [4.78, 5) is 12.6. The van der Waals surface area contributed by atoms with Gasteiger partial charge in [-0.15, -0.1) is 0 Å². The number of unbranched alkanes of at least 4 members (excludes halogenated alkanes) is 5. The topological polar surface area (TPSA) is 48.7 Å². The summed E-state index contributed by atoms with van der Waals surface area (Å²) in [6, 6.07) is 13.1. The van der Waals surface area contributed by atoms with Crippen molar-refractivity contribution in [2.24, 2.45) is 0 Å². The van der Waals surface area contributed by atoms with Gasteiger partial charge in [-0.3, -0.25) is 0 Å². The van der Waals surface area contributed by atoms with Crippen LogP contribution < -0.4 is 10.4 Å². The molecular formula is C30H35FO4. The van der Waals surface area contributed by atoms with Gasteiger partial charge in [0, 0.05) is 6.42 Å². The summed E-state index contributed by atoms with van der Waals surface area (Å²) in [7, 11) is 0. The van der Waals surface area contributed by atoms with Crippen molar-refractivity contribution in [1.82, 2.24) is 0 Å². The SMILES string of the molecule is C=CCO/C=C/c1ccc(CCc2cc3ccc(OCCCCCCCC)c(F)c3c(=O)o2)cc1. The zero-order chi connectivity index (χ0) is 24.9. The van der Waals surface area contributed by atoms with E-state index >= 15 is 0 Å². The van der Waals surface area contributed by atoms with Gasteiger partial charge in [0.25, 0.3) is 0 Å². The highest BCUT2D eigenvalue weighted by molar-refractivity contribution is 5.83. The lowest BCUT2D eigenvalue weighted by Gasteiger charge is -2.09. The molecule has 4 nitrogen and oxygen atoms in total.